The molecule has 0 saturated heterocycles. The predicted molar refractivity (Wildman–Crippen MR) is 140 cm³/mol. The maximum Gasteiger partial charge on any atom is 0.255 e. The van der Waals surface area contributed by atoms with Gasteiger partial charge in [0.25, 0.3) is 5.91 Å². The maximum absolute atomic E-state index is 13.7. The molecule has 2 amide bonds. The number of nitrogens with one attached hydrogen (secondary N) is 1. The van der Waals surface area contributed by atoms with E-state index >= 15 is 0 Å². The number of carbonyl (C=O) groups is 4. The van der Waals surface area contributed by atoms with Gasteiger partial charge in [-0.3, -0.25) is 24.1 Å². The fourth-order valence-corrected chi connectivity index (χ4v) is 6.49. The highest BCUT2D eigenvalue weighted by molar-refractivity contribution is 9.10. The summed E-state index contributed by atoms with van der Waals surface area (Å²) >= 11 is 3.29. The third-order valence-electron chi connectivity index (χ3n) is 7.68. The van der Waals surface area contributed by atoms with Gasteiger partial charge in [-0.1, -0.05) is 35.3 Å². The first-order valence-electron chi connectivity index (χ1n) is 12.2. The number of fused-ring (bicyclic) bond motifs is 3. The van der Waals surface area contributed by atoms with E-state index in [-0.39, 0.29) is 29.7 Å². The molecule has 0 heterocycles. The van der Waals surface area contributed by atoms with Crippen molar-refractivity contribution in [3.63, 3.8) is 0 Å². The largest absolute Gasteiger partial charge is 0.510 e. The van der Waals surface area contributed by atoms with Gasteiger partial charge in [-0.2, -0.15) is 0 Å². The minimum atomic E-state index is -2.70. The highest BCUT2D eigenvalue weighted by Crippen LogP contribution is 2.52. The number of benzene rings is 1. The quantitative estimate of drug-likeness (QED) is 0.162. The molecule has 4 rings (SSSR count). The smallest absolute Gasteiger partial charge is 0.255 e. The van der Waals surface area contributed by atoms with Gasteiger partial charge in [-0.25, -0.2) is 0 Å². The number of aromatic hydroxyl groups is 1. The monoisotopic (exact) mass is 591 g/mol. The Morgan fingerprint density at radius 1 is 1.24 bits per heavy atom. The molecule has 0 saturated carbocycles. The van der Waals surface area contributed by atoms with Crippen LogP contribution in [-0.4, -0.2) is 79.3 Å². The highest BCUT2D eigenvalue weighted by atomic mass is 79.9. The van der Waals surface area contributed by atoms with Gasteiger partial charge in [0, 0.05) is 11.5 Å². The summed E-state index contributed by atoms with van der Waals surface area (Å²) in [5.74, 6) is -7.59. The summed E-state index contributed by atoms with van der Waals surface area (Å²) in [6.07, 6.45) is 1.48. The van der Waals surface area contributed by atoms with Crippen LogP contribution in [0.3, 0.4) is 0 Å². The predicted octanol–water partition coefficient (Wildman–Crippen LogP) is 1.62. The topological polar surface area (TPSA) is 190 Å². The van der Waals surface area contributed by atoms with Gasteiger partial charge < -0.3 is 31.5 Å². The summed E-state index contributed by atoms with van der Waals surface area (Å²) in [7, 11) is 3.14. The molecule has 7 N–H and O–H groups in total. The summed E-state index contributed by atoms with van der Waals surface area (Å²) in [6.45, 7) is 1.91. The average Bonchev–Trinajstić information content (AvgIpc) is 2.82. The second-order valence-corrected chi connectivity index (χ2v) is 11.3. The molecule has 0 aliphatic heterocycles. The van der Waals surface area contributed by atoms with Crippen molar-refractivity contribution in [1.29, 1.82) is 0 Å². The molecule has 0 aromatic heterocycles. The molecule has 3 aliphatic carbocycles. The number of aliphatic hydroxyl groups excluding tert-OH is 2. The lowest BCUT2D eigenvalue weighted by molar-refractivity contribution is -0.148. The average molecular weight is 592 g/mol. The number of hydrogen-bond donors (Lipinski definition) is 6. The zero-order valence-electron chi connectivity index (χ0n) is 21.1. The summed E-state index contributed by atoms with van der Waals surface area (Å²) < 4.78 is 0. The Balaban J connectivity index is 1.83. The number of anilines is 1. The van der Waals surface area contributed by atoms with E-state index in [1.54, 1.807) is 20.2 Å². The normalized spacial score (nSPS) is 27.6. The van der Waals surface area contributed by atoms with Crippen molar-refractivity contribution < 1.29 is 39.6 Å². The van der Waals surface area contributed by atoms with Gasteiger partial charge in [0.05, 0.1) is 22.1 Å². The van der Waals surface area contributed by atoms with Gasteiger partial charge >= 0.3 is 0 Å². The van der Waals surface area contributed by atoms with Crippen LogP contribution in [0.5, 0.6) is 5.75 Å². The number of amides is 2. The van der Waals surface area contributed by atoms with E-state index in [2.05, 4.69) is 21.2 Å². The summed E-state index contributed by atoms with van der Waals surface area (Å²) in [4.78, 5) is 52.5. The fourth-order valence-electron chi connectivity index (χ4n) is 5.92. The van der Waals surface area contributed by atoms with Crippen molar-refractivity contribution in [3.8, 4) is 5.75 Å². The van der Waals surface area contributed by atoms with Crippen LogP contribution < -0.4 is 11.1 Å². The first kappa shape index (κ1) is 27.8. The molecule has 3 aliphatic rings. The number of primary amides is 1. The summed E-state index contributed by atoms with van der Waals surface area (Å²) in [6, 6.07) is 2.03. The molecular formula is C26H30BrN3O8. The number of phenols is 1. The lowest BCUT2D eigenvalue weighted by Gasteiger charge is -2.50. The molecule has 1 aromatic carbocycles. The van der Waals surface area contributed by atoms with Crippen molar-refractivity contribution in [3.05, 3.63) is 45.9 Å². The van der Waals surface area contributed by atoms with Gasteiger partial charge in [0.15, 0.2) is 17.1 Å². The number of aliphatic hydroxyl groups is 3. The third kappa shape index (κ3) is 4.02. The fraction of sp³-hybridized carbons (Fsp3) is 0.462. The van der Waals surface area contributed by atoms with Gasteiger partial charge in [0.1, 0.15) is 17.1 Å². The van der Waals surface area contributed by atoms with Gasteiger partial charge in [-0.15, -0.1) is 0 Å². The van der Waals surface area contributed by atoms with Crippen LogP contribution in [0.1, 0.15) is 42.1 Å². The first-order chi connectivity index (χ1) is 17.8. The molecular weight excluding hydrogens is 562 g/mol. The maximum atomic E-state index is 13.7. The number of Topliss-reactive ketones (excluding diaryl/α,β-unsaturated/α-hetero) is 2. The van der Waals surface area contributed by atoms with E-state index in [0.29, 0.717) is 12.0 Å². The minimum absolute atomic E-state index is 0.00104. The number of hydrogen-bond acceptors (Lipinski definition) is 9. The van der Waals surface area contributed by atoms with Crippen molar-refractivity contribution in [2.45, 2.75) is 49.1 Å². The molecule has 204 valence electrons. The van der Waals surface area contributed by atoms with Crippen LogP contribution in [0.15, 0.2) is 34.8 Å². The molecule has 0 radical (unpaired) electrons. The molecule has 38 heavy (non-hydrogen) atoms. The number of likely N-dealkylation sites (N-methyl/N-ethyl adjacent to an activating group) is 1. The van der Waals surface area contributed by atoms with Crippen LogP contribution in [0, 0.1) is 11.8 Å². The number of nitrogens with two attached hydrogens (primary N) is 1. The van der Waals surface area contributed by atoms with Crippen molar-refractivity contribution >= 4 is 45.0 Å². The van der Waals surface area contributed by atoms with Gasteiger partial charge in [0.2, 0.25) is 11.7 Å². The van der Waals surface area contributed by atoms with Crippen LogP contribution in [0.25, 0.3) is 0 Å². The van der Waals surface area contributed by atoms with Crippen LogP contribution in [0.2, 0.25) is 0 Å². The Morgan fingerprint density at radius 3 is 2.47 bits per heavy atom. The Hall–Kier alpha value is -3.22. The second-order valence-electron chi connectivity index (χ2n) is 10.2. The third-order valence-corrected chi connectivity index (χ3v) is 8.55. The molecule has 3 unspecified atom stereocenters. The van der Waals surface area contributed by atoms with E-state index in [1.807, 2.05) is 6.92 Å². The van der Waals surface area contributed by atoms with Crippen LogP contribution in [0.4, 0.5) is 5.69 Å². The first-order valence-corrected chi connectivity index (χ1v) is 13.1. The molecule has 1 aromatic rings. The Morgan fingerprint density at radius 2 is 1.89 bits per heavy atom. The lowest BCUT2D eigenvalue weighted by atomic mass is 9.58. The zero-order valence-corrected chi connectivity index (χ0v) is 22.7. The number of ketones is 2. The van der Waals surface area contributed by atoms with Gasteiger partial charge in [-0.05, 0) is 50.9 Å². The molecule has 0 bridgehead atoms. The van der Waals surface area contributed by atoms with Crippen molar-refractivity contribution in [2.75, 3.05) is 19.4 Å². The highest BCUT2D eigenvalue weighted by Gasteiger charge is 2.63. The Kier molecular flexibility index (Phi) is 7.19. The van der Waals surface area contributed by atoms with E-state index < -0.39 is 74.5 Å². The number of phenolic OH excluding ortho intramolecular Hbond substituents is 1. The lowest BCUT2D eigenvalue weighted by Crippen LogP contribution is -2.63. The van der Waals surface area contributed by atoms with Crippen molar-refractivity contribution in [2.24, 2.45) is 17.6 Å². The standard InChI is InChI=1S/C26H30BrN3O8/c1-4-5-13(27)25(37)29-14-7-6-10-8-11-9-12-18(30(2)3)21(33)17(24(28)36)23(35)26(12,38)22(34)16(11)20(32)15(10)19(14)31/h6-7,11-13,18,31,33-34,38H,4-5,8-9H2,1-3H3,(H2,28,36)(H,29,37)/t11?,12?,13?,18-,26-/m0/s1. The molecule has 0 fully saturated rings. The Bertz CT molecular complexity index is 1320. The Labute approximate surface area is 227 Å². The summed E-state index contributed by atoms with van der Waals surface area (Å²) in [5, 5.41) is 47.3. The van der Waals surface area contributed by atoms with Crippen LogP contribution >= 0.6 is 15.9 Å². The van der Waals surface area contributed by atoms with E-state index in [9.17, 15) is 39.6 Å². The van der Waals surface area contributed by atoms with E-state index in [1.165, 1.54) is 11.0 Å². The number of nitrogens with zero attached hydrogens (tertiary/aromatic N) is 1. The van der Waals surface area contributed by atoms with E-state index in [0.717, 1.165) is 6.42 Å². The molecule has 5 atom stereocenters. The minimum Gasteiger partial charge on any atom is -0.510 e. The molecule has 0 spiro atoms. The number of carbonyl (C=O) groups excluding carboxylic acids is 4. The van der Waals surface area contributed by atoms with Crippen LogP contribution in [-0.2, 0) is 20.8 Å². The zero-order chi connectivity index (χ0) is 28.3. The summed E-state index contributed by atoms with van der Waals surface area (Å²) in [5.41, 5.74) is 1.82. The van der Waals surface area contributed by atoms with Crippen molar-refractivity contribution in [1.82, 2.24) is 4.90 Å². The number of allylic oxidation sites excluding steroid dienone is 1. The number of halogens is 1. The molecule has 11 nitrogen and oxygen atoms in total. The number of alkyl halides is 1. The second kappa shape index (κ2) is 9.83. The SMILES string of the molecule is CCCC(Br)C(=O)Nc1ccc2c(c1O)C(=O)C1=C(O)[C@]3(O)C(=O)C(C(N)=O)=C(O)[C@@H](N(C)C)C3CC1C2. The molecule has 12 heteroatoms. The number of rotatable bonds is 6. The van der Waals surface area contributed by atoms with E-state index in [4.69, 9.17) is 5.73 Å².